The minimum absolute atomic E-state index is 0.0732. The van der Waals surface area contributed by atoms with Gasteiger partial charge in [0.15, 0.2) is 0 Å². The third kappa shape index (κ3) is 42.1. The molecule has 0 rings (SSSR count). The summed E-state index contributed by atoms with van der Waals surface area (Å²) in [6.45, 7) is 4.01. The first kappa shape index (κ1) is 55.9. The molecule has 0 spiro atoms. The number of carbonyl (C=O) groups is 1. The summed E-state index contributed by atoms with van der Waals surface area (Å²) in [4.78, 5) is 22.8. The number of rotatable bonds is 43. The highest BCUT2D eigenvalue weighted by Gasteiger charge is 2.26. The number of unbranched alkanes of at least 4 members (excludes halogenated alkanes) is 21. The molecular weight excluding hydrogens is 744 g/mol. The van der Waals surface area contributed by atoms with Crippen molar-refractivity contribution in [1.29, 1.82) is 0 Å². The van der Waals surface area contributed by atoms with Crippen LogP contribution < -0.4 is 11.1 Å². The smallest absolute Gasteiger partial charge is 0.387 e. The number of allylic oxidation sites excluding steroid dienone is 11. The van der Waals surface area contributed by atoms with Gasteiger partial charge in [0.25, 0.3) is 0 Å². The van der Waals surface area contributed by atoms with Gasteiger partial charge in [-0.2, -0.15) is 0 Å². The largest absolute Gasteiger partial charge is 0.472 e. The number of phosphoric ester groups is 1. The monoisotopic (exact) mass is 833 g/mol. The van der Waals surface area contributed by atoms with Crippen molar-refractivity contribution in [2.45, 2.75) is 212 Å². The molecule has 0 aliphatic heterocycles. The third-order valence-corrected chi connectivity index (χ3v) is 11.0. The Kier molecular flexibility index (Phi) is 42.9. The van der Waals surface area contributed by atoms with Crippen molar-refractivity contribution < 1.29 is 28.4 Å². The molecule has 3 unspecified atom stereocenters. The summed E-state index contributed by atoms with van der Waals surface area (Å²) in [5.41, 5.74) is 5.38. The Bertz CT molecular complexity index is 1130. The van der Waals surface area contributed by atoms with Gasteiger partial charge in [0, 0.05) is 13.0 Å². The lowest BCUT2D eigenvalue weighted by Gasteiger charge is -2.23. The maximum absolute atomic E-state index is 12.8. The number of hydrogen-bond donors (Lipinski definition) is 4. The van der Waals surface area contributed by atoms with Crippen LogP contribution in [0.15, 0.2) is 72.9 Å². The number of nitrogens with one attached hydrogen (secondary N) is 1. The minimum Gasteiger partial charge on any atom is -0.387 e. The van der Waals surface area contributed by atoms with E-state index in [4.69, 9.17) is 14.8 Å². The molecule has 0 aromatic rings. The Morgan fingerprint density at radius 1 is 0.586 bits per heavy atom. The molecule has 1 amide bonds. The highest BCUT2D eigenvalue weighted by atomic mass is 31.2. The number of phosphoric acid groups is 1. The quantitative estimate of drug-likeness (QED) is 0.0273. The fourth-order valence-electron chi connectivity index (χ4n) is 6.51. The molecule has 0 saturated heterocycles. The van der Waals surface area contributed by atoms with Gasteiger partial charge < -0.3 is 21.1 Å². The summed E-state index contributed by atoms with van der Waals surface area (Å²) in [7, 11) is -4.35. The van der Waals surface area contributed by atoms with E-state index in [9.17, 15) is 19.4 Å². The van der Waals surface area contributed by atoms with Crippen LogP contribution in [0.5, 0.6) is 0 Å². The molecule has 5 N–H and O–H groups in total. The molecule has 0 aliphatic rings. The Morgan fingerprint density at radius 2 is 1.00 bits per heavy atom. The minimum atomic E-state index is -4.35. The van der Waals surface area contributed by atoms with Crippen molar-refractivity contribution in [2.75, 3.05) is 19.8 Å². The number of hydrogen-bond acceptors (Lipinski definition) is 6. The SMILES string of the molecule is CC/C=C\C/C=C\C/C=C\C/C=C\C/C=C\CCCCCCCCCC(=O)NC(COP(=O)(O)OCCN)C(O)/C=C/CCCCCCCCCCCCCCCC. The fraction of sp³-hybridized carbons (Fsp3) is 0.735. The van der Waals surface area contributed by atoms with Gasteiger partial charge in [-0.3, -0.25) is 13.8 Å². The lowest BCUT2D eigenvalue weighted by molar-refractivity contribution is -0.123. The summed E-state index contributed by atoms with van der Waals surface area (Å²) < 4.78 is 22.2. The molecule has 0 aromatic heterocycles. The molecule has 0 heterocycles. The Morgan fingerprint density at radius 3 is 1.47 bits per heavy atom. The van der Waals surface area contributed by atoms with Crippen LogP contribution in [0.25, 0.3) is 0 Å². The van der Waals surface area contributed by atoms with Crippen LogP contribution in [0, 0.1) is 0 Å². The van der Waals surface area contributed by atoms with Gasteiger partial charge in [-0.25, -0.2) is 4.57 Å². The molecule has 8 nitrogen and oxygen atoms in total. The molecule has 0 bridgehead atoms. The standard InChI is InChI=1S/C49H89N2O6P/c1-3-5-7-9-11-13-15-17-19-21-22-23-24-25-26-27-29-31-33-35-37-39-41-43-49(53)51-47(46-57-58(54,55)56-45-44-50)48(52)42-40-38-36-34-32-30-28-20-18-16-14-12-10-8-6-4-2/h5,7,11,13,17,19,22-23,25-26,40,42,47-48,52H,3-4,6,8-10,12,14-16,18,20-21,24,27-39,41,43-46,50H2,1-2H3,(H,51,53)(H,54,55)/b7-5-,13-11-,19-17-,23-22-,26-25-,42-40+. The van der Waals surface area contributed by atoms with E-state index < -0.39 is 20.0 Å². The van der Waals surface area contributed by atoms with Gasteiger partial charge in [-0.15, -0.1) is 0 Å². The van der Waals surface area contributed by atoms with E-state index in [0.29, 0.717) is 6.42 Å². The molecule has 0 aliphatic carbocycles. The van der Waals surface area contributed by atoms with Crippen molar-refractivity contribution in [3.05, 3.63) is 72.9 Å². The maximum Gasteiger partial charge on any atom is 0.472 e. The van der Waals surface area contributed by atoms with Crippen LogP contribution >= 0.6 is 7.82 Å². The summed E-state index contributed by atoms with van der Waals surface area (Å²) >= 11 is 0. The van der Waals surface area contributed by atoms with Crippen molar-refractivity contribution >= 4 is 13.7 Å². The summed E-state index contributed by atoms with van der Waals surface area (Å²) in [6, 6.07) is -0.870. The third-order valence-electron chi connectivity index (χ3n) is 10.0. The average molecular weight is 833 g/mol. The van der Waals surface area contributed by atoms with Crippen molar-refractivity contribution in [1.82, 2.24) is 5.32 Å². The molecule has 9 heteroatoms. The second-order valence-electron chi connectivity index (χ2n) is 15.6. The number of aliphatic hydroxyl groups is 1. The zero-order chi connectivity index (χ0) is 42.5. The van der Waals surface area contributed by atoms with E-state index in [0.717, 1.165) is 83.5 Å². The van der Waals surface area contributed by atoms with Crippen molar-refractivity contribution in [2.24, 2.45) is 5.73 Å². The van der Waals surface area contributed by atoms with Crippen LogP contribution in [0.3, 0.4) is 0 Å². The fourth-order valence-corrected chi connectivity index (χ4v) is 7.27. The number of amides is 1. The number of nitrogens with two attached hydrogens (primary N) is 1. The molecule has 0 saturated carbocycles. The van der Waals surface area contributed by atoms with E-state index in [1.807, 2.05) is 6.08 Å². The Labute approximate surface area is 357 Å². The summed E-state index contributed by atoms with van der Waals surface area (Å²) in [5, 5.41) is 13.7. The number of aliphatic hydroxyl groups excluding tert-OH is 1. The van der Waals surface area contributed by atoms with Gasteiger partial charge in [0.2, 0.25) is 5.91 Å². The molecule has 58 heavy (non-hydrogen) atoms. The lowest BCUT2D eigenvalue weighted by Crippen LogP contribution is -2.45. The Hall–Kier alpha value is -2.06. The first-order valence-corrected chi connectivity index (χ1v) is 25.1. The molecular formula is C49H89N2O6P. The molecule has 3 atom stereocenters. The van der Waals surface area contributed by atoms with Gasteiger partial charge in [0.05, 0.1) is 25.4 Å². The topological polar surface area (TPSA) is 131 Å². The van der Waals surface area contributed by atoms with Gasteiger partial charge in [-0.1, -0.05) is 202 Å². The van der Waals surface area contributed by atoms with Gasteiger partial charge in [0.1, 0.15) is 0 Å². The van der Waals surface area contributed by atoms with Crippen molar-refractivity contribution in [3.63, 3.8) is 0 Å². The van der Waals surface area contributed by atoms with Gasteiger partial charge >= 0.3 is 7.82 Å². The van der Waals surface area contributed by atoms with Crippen LogP contribution in [0.2, 0.25) is 0 Å². The van der Waals surface area contributed by atoms with E-state index in [1.54, 1.807) is 6.08 Å². The number of carbonyl (C=O) groups excluding carboxylic acids is 1. The second kappa shape index (κ2) is 44.5. The average Bonchev–Trinajstić information content (AvgIpc) is 3.21. The first-order chi connectivity index (χ1) is 28.4. The van der Waals surface area contributed by atoms with Gasteiger partial charge in [-0.05, 0) is 64.2 Å². The normalized spacial score (nSPS) is 14.6. The molecule has 0 fully saturated rings. The summed E-state index contributed by atoms with van der Waals surface area (Å²) in [6.07, 6.45) is 58.0. The molecule has 0 radical (unpaired) electrons. The van der Waals surface area contributed by atoms with Crippen LogP contribution in [0.4, 0.5) is 0 Å². The molecule has 336 valence electrons. The van der Waals surface area contributed by atoms with Crippen LogP contribution in [-0.2, 0) is 18.4 Å². The first-order valence-electron chi connectivity index (χ1n) is 23.6. The second-order valence-corrected chi connectivity index (χ2v) is 17.0. The van der Waals surface area contributed by atoms with Crippen LogP contribution in [0.1, 0.15) is 200 Å². The predicted octanol–water partition coefficient (Wildman–Crippen LogP) is 13.6. The molecule has 0 aromatic carbocycles. The highest BCUT2D eigenvalue weighted by Crippen LogP contribution is 2.43. The van der Waals surface area contributed by atoms with Crippen LogP contribution in [-0.4, -0.2) is 47.8 Å². The zero-order valence-corrected chi connectivity index (χ0v) is 38.2. The highest BCUT2D eigenvalue weighted by molar-refractivity contribution is 7.47. The van der Waals surface area contributed by atoms with E-state index in [2.05, 4.69) is 79.9 Å². The van der Waals surface area contributed by atoms with E-state index in [-0.39, 0.29) is 25.7 Å². The van der Waals surface area contributed by atoms with E-state index >= 15 is 0 Å². The van der Waals surface area contributed by atoms with E-state index in [1.165, 1.54) is 96.3 Å². The maximum atomic E-state index is 12.8. The van der Waals surface area contributed by atoms with Crippen molar-refractivity contribution in [3.8, 4) is 0 Å². The Balaban J connectivity index is 4.19. The lowest BCUT2D eigenvalue weighted by atomic mass is 10.0. The summed E-state index contributed by atoms with van der Waals surface area (Å²) in [5.74, 6) is -0.208. The zero-order valence-electron chi connectivity index (χ0n) is 37.3. The predicted molar refractivity (Wildman–Crippen MR) is 249 cm³/mol.